The predicted molar refractivity (Wildman–Crippen MR) is 86.0 cm³/mol. The molecule has 0 aliphatic heterocycles. The summed E-state index contributed by atoms with van der Waals surface area (Å²) in [7, 11) is 0. The lowest BCUT2D eigenvalue weighted by molar-refractivity contribution is 0.0908. The number of ether oxygens (including phenoxy) is 1. The van der Waals surface area contributed by atoms with Crippen LogP contribution in [0.1, 0.15) is 32.4 Å². The smallest absolute Gasteiger partial charge is 0.0661 e. The van der Waals surface area contributed by atoms with Crippen LogP contribution in [0.25, 0.3) is 10.8 Å². The van der Waals surface area contributed by atoms with Crippen LogP contribution in [0.3, 0.4) is 0 Å². The highest BCUT2D eigenvalue weighted by Crippen LogP contribution is 2.24. The molecule has 0 bridgehead atoms. The van der Waals surface area contributed by atoms with Crippen molar-refractivity contribution in [1.29, 1.82) is 0 Å². The summed E-state index contributed by atoms with van der Waals surface area (Å²) in [5.74, 6) is 0.574. The van der Waals surface area contributed by atoms with E-state index in [0.29, 0.717) is 5.92 Å². The maximum atomic E-state index is 5.85. The van der Waals surface area contributed by atoms with E-state index in [1.807, 2.05) is 0 Å². The van der Waals surface area contributed by atoms with Gasteiger partial charge in [0.2, 0.25) is 0 Å². The molecule has 1 N–H and O–H groups in total. The minimum absolute atomic E-state index is 0.254. The second-order valence-corrected chi connectivity index (χ2v) is 5.61. The molecular weight excluding hydrogens is 246 g/mol. The van der Waals surface area contributed by atoms with E-state index in [4.69, 9.17) is 4.74 Å². The molecule has 0 aromatic heterocycles. The molecule has 1 unspecified atom stereocenters. The summed E-state index contributed by atoms with van der Waals surface area (Å²) in [5.41, 5.74) is 1.33. The van der Waals surface area contributed by atoms with Gasteiger partial charge in [-0.2, -0.15) is 0 Å². The number of rotatable bonds is 7. The van der Waals surface area contributed by atoms with Crippen molar-refractivity contribution in [3.63, 3.8) is 0 Å². The number of likely N-dealkylation sites (N-methyl/N-ethyl adjacent to an activating group) is 1. The van der Waals surface area contributed by atoms with Crippen LogP contribution in [0.4, 0.5) is 0 Å². The number of nitrogens with one attached hydrogen (secondary N) is 1. The zero-order chi connectivity index (χ0) is 14.4. The van der Waals surface area contributed by atoms with E-state index in [1.54, 1.807) is 0 Å². The summed E-state index contributed by atoms with van der Waals surface area (Å²) < 4.78 is 5.85. The average Bonchev–Trinajstić information content (AvgIpc) is 2.45. The lowest BCUT2D eigenvalue weighted by Crippen LogP contribution is -2.26. The molecule has 0 radical (unpaired) electrons. The Morgan fingerprint density at radius 2 is 1.75 bits per heavy atom. The number of hydrogen-bond acceptors (Lipinski definition) is 2. The van der Waals surface area contributed by atoms with Crippen LogP contribution in [-0.4, -0.2) is 19.8 Å². The molecule has 2 heteroatoms. The van der Waals surface area contributed by atoms with Gasteiger partial charge in [-0.1, -0.05) is 63.2 Å². The van der Waals surface area contributed by atoms with Gasteiger partial charge in [0, 0.05) is 6.61 Å². The molecule has 108 valence electrons. The number of fused-ring (bicyclic) bond motifs is 1. The lowest BCUT2D eigenvalue weighted by atomic mass is 9.99. The maximum absolute atomic E-state index is 5.85. The fraction of sp³-hybridized carbons (Fsp3) is 0.444. The van der Waals surface area contributed by atoms with E-state index in [-0.39, 0.29) is 6.04 Å². The molecule has 0 aliphatic carbocycles. The van der Waals surface area contributed by atoms with E-state index >= 15 is 0 Å². The monoisotopic (exact) mass is 271 g/mol. The Labute approximate surface area is 122 Å². The minimum atomic E-state index is 0.254. The number of benzene rings is 2. The summed E-state index contributed by atoms with van der Waals surface area (Å²) in [4.78, 5) is 0. The zero-order valence-electron chi connectivity index (χ0n) is 12.7. The van der Waals surface area contributed by atoms with Crippen LogP contribution in [0.2, 0.25) is 0 Å². The highest BCUT2D eigenvalue weighted by molar-refractivity contribution is 5.86. The molecule has 2 nitrogen and oxygen atoms in total. The van der Waals surface area contributed by atoms with E-state index in [0.717, 1.165) is 19.8 Å². The van der Waals surface area contributed by atoms with Gasteiger partial charge in [-0.3, -0.25) is 0 Å². The zero-order valence-corrected chi connectivity index (χ0v) is 12.7. The topological polar surface area (TPSA) is 21.3 Å². The molecule has 0 aliphatic rings. The summed E-state index contributed by atoms with van der Waals surface area (Å²) >= 11 is 0. The Kier molecular flexibility index (Phi) is 5.57. The molecule has 0 saturated carbocycles. The van der Waals surface area contributed by atoms with Crippen LogP contribution < -0.4 is 5.32 Å². The third-order valence-corrected chi connectivity index (χ3v) is 3.39. The summed E-state index contributed by atoms with van der Waals surface area (Å²) in [6, 6.07) is 15.3. The lowest BCUT2D eigenvalue weighted by Gasteiger charge is -2.21. The fourth-order valence-corrected chi connectivity index (χ4v) is 2.48. The molecule has 0 fully saturated rings. The van der Waals surface area contributed by atoms with Crippen LogP contribution in [0, 0.1) is 5.92 Å². The van der Waals surface area contributed by atoms with Gasteiger partial charge >= 0.3 is 0 Å². The Morgan fingerprint density at radius 3 is 2.50 bits per heavy atom. The predicted octanol–water partition coefficient (Wildman–Crippen LogP) is 4.16. The number of hydrogen-bond donors (Lipinski definition) is 1. The van der Waals surface area contributed by atoms with E-state index in [9.17, 15) is 0 Å². The summed E-state index contributed by atoms with van der Waals surface area (Å²) in [6.07, 6.45) is 0. The van der Waals surface area contributed by atoms with E-state index in [2.05, 4.69) is 68.6 Å². The Balaban J connectivity index is 2.22. The second-order valence-electron chi connectivity index (χ2n) is 5.61. The first-order valence-electron chi connectivity index (χ1n) is 7.51. The van der Waals surface area contributed by atoms with Crippen molar-refractivity contribution in [2.75, 3.05) is 19.8 Å². The van der Waals surface area contributed by atoms with Crippen LogP contribution in [0.15, 0.2) is 42.5 Å². The van der Waals surface area contributed by atoms with Crippen molar-refractivity contribution >= 4 is 10.8 Å². The quantitative estimate of drug-likeness (QED) is 0.816. The summed E-state index contributed by atoms with van der Waals surface area (Å²) in [5, 5.41) is 6.14. The first kappa shape index (κ1) is 15.0. The van der Waals surface area contributed by atoms with Crippen LogP contribution >= 0.6 is 0 Å². The standard InChI is InChI=1S/C18H25NO/c1-4-19-18(13-20-12-14(2)3)17-11-7-9-15-8-5-6-10-16(15)17/h5-11,14,18-19H,4,12-13H2,1-3H3. The van der Waals surface area contributed by atoms with Gasteiger partial charge in [0.15, 0.2) is 0 Å². The van der Waals surface area contributed by atoms with Crippen molar-refractivity contribution in [3.8, 4) is 0 Å². The fourth-order valence-electron chi connectivity index (χ4n) is 2.48. The normalized spacial score (nSPS) is 13.0. The Hall–Kier alpha value is -1.38. The van der Waals surface area contributed by atoms with Gasteiger partial charge in [0.1, 0.15) is 0 Å². The van der Waals surface area contributed by atoms with Crippen molar-refractivity contribution in [3.05, 3.63) is 48.0 Å². The van der Waals surface area contributed by atoms with Crippen molar-refractivity contribution < 1.29 is 4.74 Å². The average molecular weight is 271 g/mol. The van der Waals surface area contributed by atoms with E-state index in [1.165, 1.54) is 16.3 Å². The Morgan fingerprint density at radius 1 is 1.00 bits per heavy atom. The van der Waals surface area contributed by atoms with Gasteiger partial charge in [-0.05, 0) is 28.8 Å². The molecule has 0 saturated heterocycles. The third-order valence-electron chi connectivity index (χ3n) is 3.39. The van der Waals surface area contributed by atoms with Crippen LogP contribution in [-0.2, 0) is 4.74 Å². The van der Waals surface area contributed by atoms with Crippen molar-refractivity contribution in [2.24, 2.45) is 5.92 Å². The minimum Gasteiger partial charge on any atom is -0.379 e. The largest absolute Gasteiger partial charge is 0.379 e. The highest BCUT2D eigenvalue weighted by Gasteiger charge is 2.13. The molecule has 2 aromatic rings. The van der Waals surface area contributed by atoms with Crippen molar-refractivity contribution in [1.82, 2.24) is 5.32 Å². The van der Waals surface area contributed by atoms with Crippen LogP contribution in [0.5, 0.6) is 0 Å². The molecule has 2 aromatic carbocycles. The molecule has 0 spiro atoms. The Bertz CT molecular complexity index is 530. The van der Waals surface area contributed by atoms with Crippen molar-refractivity contribution in [2.45, 2.75) is 26.8 Å². The first-order chi connectivity index (χ1) is 9.72. The van der Waals surface area contributed by atoms with Gasteiger partial charge < -0.3 is 10.1 Å². The van der Waals surface area contributed by atoms with E-state index < -0.39 is 0 Å². The maximum Gasteiger partial charge on any atom is 0.0661 e. The highest BCUT2D eigenvalue weighted by atomic mass is 16.5. The molecule has 1 atom stereocenters. The summed E-state index contributed by atoms with van der Waals surface area (Å²) in [6.45, 7) is 8.98. The second kappa shape index (κ2) is 7.41. The molecular formula is C18H25NO. The third kappa shape index (κ3) is 3.81. The van der Waals surface area contributed by atoms with Gasteiger partial charge in [-0.25, -0.2) is 0 Å². The first-order valence-corrected chi connectivity index (χ1v) is 7.51. The SMILES string of the molecule is CCNC(COCC(C)C)c1cccc2ccccc12. The van der Waals surface area contributed by atoms with Gasteiger partial charge in [0.05, 0.1) is 12.6 Å². The van der Waals surface area contributed by atoms with Gasteiger partial charge in [0.25, 0.3) is 0 Å². The van der Waals surface area contributed by atoms with Gasteiger partial charge in [-0.15, -0.1) is 0 Å². The molecule has 2 rings (SSSR count). The molecule has 20 heavy (non-hydrogen) atoms. The molecule has 0 amide bonds. The molecule has 0 heterocycles.